The van der Waals surface area contributed by atoms with E-state index in [0.717, 1.165) is 25.0 Å². The Labute approximate surface area is 128 Å². The lowest BCUT2D eigenvalue weighted by atomic mass is 10.0. The van der Waals surface area contributed by atoms with Crippen molar-refractivity contribution in [2.75, 3.05) is 13.2 Å². The molecule has 0 spiro atoms. The Morgan fingerprint density at radius 3 is 2.82 bits per heavy atom. The van der Waals surface area contributed by atoms with Crippen LogP contribution in [0.15, 0.2) is 42.7 Å². The number of hydrogen-bond acceptors (Lipinski definition) is 3. The quantitative estimate of drug-likeness (QED) is 0.944. The monoisotopic (exact) mass is 300 g/mol. The summed E-state index contributed by atoms with van der Waals surface area (Å²) in [6, 6.07) is 8.47. The molecule has 1 aliphatic rings. The molecule has 1 aliphatic heterocycles. The van der Waals surface area contributed by atoms with Gasteiger partial charge in [-0.1, -0.05) is 12.1 Å². The van der Waals surface area contributed by atoms with Gasteiger partial charge in [0.25, 0.3) is 5.91 Å². The Bertz CT molecular complexity index is 652. The molecule has 2 aromatic rings. The van der Waals surface area contributed by atoms with E-state index in [1.807, 2.05) is 0 Å². The van der Waals surface area contributed by atoms with E-state index in [1.165, 1.54) is 6.20 Å². The van der Waals surface area contributed by atoms with Gasteiger partial charge < -0.3 is 10.1 Å². The maximum atomic E-state index is 13.7. The molecule has 1 aromatic heterocycles. The smallest absolute Gasteiger partial charge is 0.251 e. The van der Waals surface area contributed by atoms with Crippen molar-refractivity contribution in [1.29, 1.82) is 0 Å². The fourth-order valence-corrected chi connectivity index (χ4v) is 2.52. The van der Waals surface area contributed by atoms with E-state index in [1.54, 1.807) is 36.5 Å². The van der Waals surface area contributed by atoms with Crippen molar-refractivity contribution in [3.63, 3.8) is 0 Å². The van der Waals surface area contributed by atoms with Crippen molar-refractivity contribution >= 4 is 5.91 Å². The number of nitrogens with zero attached hydrogens (tertiary/aromatic N) is 1. The molecule has 1 atom stereocenters. The second-order valence-electron chi connectivity index (χ2n) is 5.28. The molecule has 1 aromatic carbocycles. The van der Waals surface area contributed by atoms with E-state index >= 15 is 0 Å². The highest BCUT2D eigenvalue weighted by Gasteiger charge is 2.16. The maximum Gasteiger partial charge on any atom is 0.251 e. The number of nitrogens with one attached hydrogen (secondary N) is 1. The number of amides is 1. The van der Waals surface area contributed by atoms with Gasteiger partial charge in [-0.2, -0.15) is 0 Å². The molecule has 3 rings (SSSR count). The second kappa shape index (κ2) is 6.66. The highest BCUT2D eigenvalue weighted by molar-refractivity contribution is 5.94. The van der Waals surface area contributed by atoms with Gasteiger partial charge in [0, 0.05) is 30.5 Å². The van der Waals surface area contributed by atoms with Gasteiger partial charge in [-0.15, -0.1) is 0 Å². The summed E-state index contributed by atoms with van der Waals surface area (Å²) in [5, 5.41) is 2.86. The summed E-state index contributed by atoms with van der Waals surface area (Å²) in [6.45, 7) is 1.30. The summed E-state index contributed by atoms with van der Waals surface area (Å²) in [7, 11) is 0. The molecule has 1 amide bonds. The normalized spacial score (nSPS) is 17.4. The number of carbonyl (C=O) groups is 1. The van der Waals surface area contributed by atoms with E-state index in [2.05, 4.69) is 10.3 Å². The first-order valence-corrected chi connectivity index (χ1v) is 7.34. The number of carbonyl (C=O) groups excluding carboxylic acids is 1. The van der Waals surface area contributed by atoms with Gasteiger partial charge in [-0.25, -0.2) is 4.39 Å². The number of benzene rings is 1. The standard InChI is InChI=1S/C17H17FN2O2/c18-16-11-19-8-7-15(16)12-3-5-13(6-4-12)17(21)20-10-14-2-1-9-22-14/h3-8,11,14H,1-2,9-10H2,(H,20,21)/t14-/m1/s1. The van der Waals surface area contributed by atoms with Crippen molar-refractivity contribution in [3.05, 3.63) is 54.1 Å². The topological polar surface area (TPSA) is 51.2 Å². The highest BCUT2D eigenvalue weighted by atomic mass is 19.1. The number of aromatic nitrogens is 1. The van der Waals surface area contributed by atoms with E-state index < -0.39 is 0 Å². The van der Waals surface area contributed by atoms with Gasteiger partial charge in [0.2, 0.25) is 0 Å². The van der Waals surface area contributed by atoms with Crippen LogP contribution in [0.5, 0.6) is 0 Å². The van der Waals surface area contributed by atoms with Crippen molar-refractivity contribution < 1.29 is 13.9 Å². The van der Waals surface area contributed by atoms with E-state index in [9.17, 15) is 9.18 Å². The fourth-order valence-electron chi connectivity index (χ4n) is 2.52. The van der Waals surface area contributed by atoms with Crippen LogP contribution >= 0.6 is 0 Å². The van der Waals surface area contributed by atoms with Gasteiger partial charge in [0.15, 0.2) is 0 Å². The Morgan fingerprint density at radius 2 is 2.14 bits per heavy atom. The van der Waals surface area contributed by atoms with Crippen LogP contribution < -0.4 is 5.32 Å². The highest BCUT2D eigenvalue weighted by Crippen LogP contribution is 2.22. The summed E-state index contributed by atoms with van der Waals surface area (Å²) in [5.41, 5.74) is 1.74. The third-order valence-electron chi connectivity index (χ3n) is 3.74. The minimum atomic E-state index is -0.377. The zero-order valence-electron chi connectivity index (χ0n) is 12.1. The first-order valence-electron chi connectivity index (χ1n) is 7.34. The van der Waals surface area contributed by atoms with E-state index in [0.29, 0.717) is 17.7 Å². The Morgan fingerprint density at radius 1 is 1.32 bits per heavy atom. The summed E-state index contributed by atoms with van der Waals surface area (Å²) >= 11 is 0. The zero-order chi connectivity index (χ0) is 15.4. The van der Waals surface area contributed by atoms with Gasteiger partial charge in [0.1, 0.15) is 5.82 Å². The molecule has 0 saturated carbocycles. The van der Waals surface area contributed by atoms with Crippen LogP contribution in [0.2, 0.25) is 0 Å². The molecular formula is C17H17FN2O2. The van der Waals surface area contributed by atoms with Crippen molar-refractivity contribution in [1.82, 2.24) is 10.3 Å². The number of pyridine rings is 1. The maximum absolute atomic E-state index is 13.7. The van der Waals surface area contributed by atoms with Crippen LogP contribution in [-0.4, -0.2) is 30.1 Å². The van der Waals surface area contributed by atoms with Crippen LogP contribution in [0.3, 0.4) is 0 Å². The lowest BCUT2D eigenvalue weighted by Gasteiger charge is -2.11. The molecule has 0 aliphatic carbocycles. The molecule has 0 radical (unpaired) electrons. The predicted octanol–water partition coefficient (Wildman–Crippen LogP) is 2.80. The number of halogens is 1. The summed E-state index contributed by atoms with van der Waals surface area (Å²) in [6.07, 6.45) is 4.87. The van der Waals surface area contributed by atoms with Gasteiger partial charge in [0.05, 0.1) is 12.3 Å². The van der Waals surface area contributed by atoms with Crippen molar-refractivity contribution in [3.8, 4) is 11.1 Å². The van der Waals surface area contributed by atoms with E-state index in [4.69, 9.17) is 4.74 Å². The molecule has 0 bridgehead atoms. The second-order valence-corrected chi connectivity index (χ2v) is 5.28. The van der Waals surface area contributed by atoms with Crippen molar-refractivity contribution in [2.24, 2.45) is 0 Å². The van der Waals surface area contributed by atoms with Crippen LogP contribution in [0.4, 0.5) is 4.39 Å². The predicted molar refractivity (Wildman–Crippen MR) is 80.9 cm³/mol. The minimum Gasteiger partial charge on any atom is -0.376 e. The van der Waals surface area contributed by atoms with Gasteiger partial charge in [-0.05, 0) is 36.6 Å². The summed E-state index contributed by atoms with van der Waals surface area (Å²) < 4.78 is 19.1. The average molecular weight is 300 g/mol. The molecular weight excluding hydrogens is 283 g/mol. The molecule has 1 fully saturated rings. The molecule has 5 heteroatoms. The number of rotatable bonds is 4. The third-order valence-corrected chi connectivity index (χ3v) is 3.74. The third kappa shape index (κ3) is 3.31. The van der Waals surface area contributed by atoms with Crippen LogP contribution in [-0.2, 0) is 4.74 Å². The number of ether oxygens (including phenoxy) is 1. The lowest BCUT2D eigenvalue weighted by molar-refractivity contribution is 0.0858. The van der Waals surface area contributed by atoms with Crippen LogP contribution in [0.25, 0.3) is 11.1 Å². The van der Waals surface area contributed by atoms with Gasteiger partial charge >= 0.3 is 0 Å². The SMILES string of the molecule is O=C(NC[C@H]1CCCO1)c1ccc(-c2ccncc2F)cc1. The van der Waals surface area contributed by atoms with Gasteiger partial charge in [-0.3, -0.25) is 9.78 Å². The molecule has 1 saturated heterocycles. The van der Waals surface area contributed by atoms with Crippen LogP contribution in [0.1, 0.15) is 23.2 Å². The summed E-state index contributed by atoms with van der Waals surface area (Å²) in [4.78, 5) is 15.8. The summed E-state index contributed by atoms with van der Waals surface area (Å²) in [5.74, 6) is -0.518. The average Bonchev–Trinajstić information content (AvgIpc) is 3.07. The molecule has 22 heavy (non-hydrogen) atoms. The van der Waals surface area contributed by atoms with Crippen LogP contribution in [0, 0.1) is 5.82 Å². The molecule has 2 heterocycles. The molecule has 1 N–H and O–H groups in total. The first kappa shape index (κ1) is 14.7. The lowest BCUT2D eigenvalue weighted by Crippen LogP contribution is -2.31. The molecule has 4 nitrogen and oxygen atoms in total. The van der Waals surface area contributed by atoms with E-state index in [-0.39, 0.29) is 17.8 Å². The zero-order valence-corrected chi connectivity index (χ0v) is 12.1. The molecule has 114 valence electrons. The molecule has 0 unspecified atom stereocenters. The number of hydrogen-bond donors (Lipinski definition) is 1. The largest absolute Gasteiger partial charge is 0.376 e. The Kier molecular flexibility index (Phi) is 4.44. The fraction of sp³-hybridized carbons (Fsp3) is 0.294. The van der Waals surface area contributed by atoms with Crippen molar-refractivity contribution in [2.45, 2.75) is 18.9 Å². The first-order chi connectivity index (χ1) is 10.7. The Balaban J connectivity index is 1.66. The minimum absolute atomic E-state index is 0.120. The Hall–Kier alpha value is -2.27.